The number of hydrogen-bond donors (Lipinski definition) is 0. The van der Waals surface area contributed by atoms with Gasteiger partial charge in [-0.3, -0.25) is 9.13 Å². The molecule has 14 heavy (non-hydrogen) atoms. The van der Waals surface area contributed by atoms with Crippen molar-refractivity contribution >= 4 is 21.7 Å². The second kappa shape index (κ2) is 2.73. The number of aromatic nitrogens is 2. The molecule has 0 fully saturated rings. The first-order valence-corrected chi connectivity index (χ1v) is 5.46. The molecular formula is C10H14N2OS. The van der Waals surface area contributed by atoms with E-state index >= 15 is 0 Å². The molecule has 0 N–H and O–H groups in total. The third-order valence-corrected chi connectivity index (χ3v) is 3.30. The molecular weight excluding hydrogens is 196 g/mol. The Morgan fingerprint density at radius 2 is 2.00 bits per heavy atom. The zero-order chi connectivity index (χ0) is 10.5. The fourth-order valence-electron chi connectivity index (χ4n) is 1.70. The summed E-state index contributed by atoms with van der Waals surface area (Å²) in [7, 11) is 1.82. The number of rotatable bonds is 0. The maximum absolute atomic E-state index is 11.9. The first-order valence-electron chi connectivity index (χ1n) is 4.58. The summed E-state index contributed by atoms with van der Waals surface area (Å²) in [4.78, 5) is 13.0. The maximum Gasteiger partial charge on any atom is 0.329 e. The summed E-state index contributed by atoms with van der Waals surface area (Å²) in [5, 5.41) is 2.02. The van der Waals surface area contributed by atoms with Gasteiger partial charge in [-0.05, 0) is 32.2 Å². The molecule has 2 rings (SSSR count). The van der Waals surface area contributed by atoms with Gasteiger partial charge in [0.25, 0.3) is 0 Å². The van der Waals surface area contributed by atoms with Crippen molar-refractivity contribution in [1.29, 1.82) is 0 Å². The van der Waals surface area contributed by atoms with E-state index in [1.165, 1.54) is 0 Å². The molecule has 0 saturated heterocycles. The van der Waals surface area contributed by atoms with Gasteiger partial charge < -0.3 is 0 Å². The lowest BCUT2D eigenvalue weighted by atomic mass is 10.1. The second-order valence-electron chi connectivity index (χ2n) is 4.46. The van der Waals surface area contributed by atoms with Crippen molar-refractivity contribution in [3.05, 3.63) is 21.9 Å². The highest BCUT2D eigenvalue weighted by Crippen LogP contribution is 2.24. The molecule has 0 radical (unpaired) electrons. The highest BCUT2D eigenvalue weighted by molar-refractivity contribution is 7.16. The Balaban J connectivity index is 2.94. The van der Waals surface area contributed by atoms with Crippen LogP contribution in [0, 0.1) is 0 Å². The topological polar surface area (TPSA) is 26.9 Å². The Morgan fingerprint density at radius 3 is 2.57 bits per heavy atom. The van der Waals surface area contributed by atoms with Crippen LogP contribution in [0.15, 0.2) is 16.2 Å². The molecule has 0 bridgehead atoms. The van der Waals surface area contributed by atoms with Crippen LogP contribution in [0.2, 0.25) is 0 Å². The predicted octanol–water partition coefficient (Wildman–Crippen LogP) is 2.16. The summed E-state index contributed by atoms with van der Waals surface area (Å²) in [5.41, 5.74) is 0.951. The van der Waals surface area contributed by atoms with Gasteiger partial charge in [0.1, 0.15) is 4.83 Å². The first kappa shape index (κ1) is 9.52. The minimum atomic E-state index is -0.155. The molecule has 4 heteroatoms. The molecule has 2 aromatic heterocycles. The van der Waals surface area contributed by atoms with Crippen LogP contribution >= 0.6 is 11.3 Å². The fourth-order valence-corrected chi connectivity index (χ4v) is 2.55. The number of hydrogen-bond acceptors (Lipinski definition) is 2. The molecule has 0 unspecified atom stereocenters. The lowest BCUT2D eigenvalue weighted by molar-refractivity contribution is 0.392. The van der Waals surface area contributed by atoms with E-state index in [0.717, 1.165) is 10.3 Å². The summed E-state index contributed by atoms with van der Waals surface area (Å²) < 4.78 is 3.56. The van der Waals surface area contributed by atoms with Crippen molar-refractivity contribution in [3.8, 4) is 0 Å². The molecule has 3 nitrogen and oxygen atoms in total. The van der Waals surface area contributed by atoms with Gasteiger partial charge in [-0.1, -0.05) is 0 Å². The van der Waals surface area contributed by atoms with Crippen LogP contribution in [0.5, 0.6) is 0 Å². The van der Waals surface area contributed by atoms with Gasteiger partial charge in [0.2, 0.25) is 0 Å². The summed E-state index contributed by atoms with van der Waals surface area (Å²) >= 11 is 1.61. The number of thiophene rings is 1. The van der Waals surface area contributed by atoms with Crippen molar-refractivity contribution in [3.63, 3.8) is 0 Å². The molecule has 0 spiro atoms. The van der Waals surface area contributed by atoms with Gasteiger partial charge in [-0.15, -0.1) is 11.3 Å². The van der Waals surface area contributed by atoms with Crippen molar-refractivity contribution < 1.29 is 0 Å². The average molecular weight is 210 g/mol. The maximum atomic E-state index is 11.9. The normalized spacial score (nSPS) is 12.6. The number of nitrogens with zero attached hydrogens (tertiary/aromatic N) is 2. The molecule has 2 heterocycles. The Kier molecular flexibility index (Phi) is 1.86. The van der Waals surface area contributed by atoms with E-state index in [4.69, 9.17) is 0 Å². The van der Waals surface area contributed by atoms with E-state index in [2.05, 4.69) is 0 Å². The van der Waals surface area contributed by atoms with Crippen LogP contribution < -0.4 is 5.69 Å². The lowest BCUT2D eigenvalue weighted by Crippen LogP contribution is -2.34. The molecule has 0 atom stereocenters. The third kappa shape index (κ3) is 1.14. The fraction of sp³-hybridized carbons (Fsp3) is 0.500. The van der Waals surface area contributed by atoms with Crippen molar-refractivity contribution in [2.24, 2.45) is 7.05 Å². The van der Waals surface area contributed by atoms with Gasteiger partial charge in [-0.25, -0.2) is 4.79 Å². The van der Waals surface area contributed by atoms with Crippen LogP contribution in [0.4, 0.5) is 0 Å². The Labute approximate surface area is 86.6 Å². The van der Waals surface area contributed by atoms with Crippen LogP contribution in [0.1, 0.15) is 20.8 Å². The van der Waals surface area contributed by atoms with Gasteiger partial charge in [0.05, 0.1) is 5.52 Å². The van der Waals surface area contributed by atoms with Crippen molar-refractivity contribution in [2.45, 2.75) is 26.3 Å². The quantitative estimate of drug-likeness (QED) is 0.654. The summed E-state index contributed by atoms with van der Waals surface area (Å²) in [5.74, 6) is 0. The van der Waals surface area contributed by atoms with Gasteiger partial charge in [-0.2, -0.15) is 0 Å². The summed E-state index contributed by atoms with van der Waals surface area (Å²) in [6.45, 7) is 6.14. The van der Waals surface area contributed by atoms with E-state index in [0.29, 0.717) is 0 Å². The predicted molar refractivity (Wildman–Crippen MR) is 60.1 cm³/mol. The summed E-state index contributed by atoms with van der Waals surface area (Å²) in [6.07, 6.45) is 0. The van der Waals surface area contributed by atoms with Crippen molar-refractivity contribution in [1.82, 2.24) is 9.13 Å². The van der Waals surface area contributed by atoms with Crippen LogP contribution in [0.25, 0.3) is 10.3 Å². The molecule has 0 amide bonds. The molecule has 0 aliphatic rings. The first-order chi connectivity index (χ1) is 6.43. The summed E-state index contributed by atoms with van der Waals surface area (Å²) in [6, 6.07) is 2.01. The minimum Gasteiger partial charge on any atom is -0.286 e. The highest BCUT2D eigenvalue weighted by Gasteiger charge is 2.21. The highest BCUT2D eigenvalue weighted by atomic mass is 32.1. The van der Waals surface area contributed by atoms with E-state index in [1.54, 1.807) is 15.9 Å². The number of imidazole rings is 1. The Hall–Kier alpha value is -1.03. The smallest absolute Gasteiger partial charge is 0.286 e. The lowest BCUT2D eigenvalue weighted by Gasteiger charge is -2.20. The van der Waals surface area contributed by atoms with Gasteiger partial charge >= 0.3 is 5.69 Å². The second-order valence-corrected chi connectivity index (χ2v) is 5.35. The third-order valence-electron chi connectivity index (χ3n) is 2.32. The largest absolute Gasteiger partial charge is 0.329 e. The van der Waals surface area contributed by atoms with Crippen LogP contribution in [0.3, 0.4) is 0 Å². The molecule has 2 aromatic rings. The zero-order valence-electron chi connectivity index (χ0n) is 8.87. The minimum absolute atomic E-state index is 0.0688. The molecule has 76 valence electrons. The van der Waals surface area contributed by atoms with Gasteiger partial charge in [0, 0.05) is 12.6 Å². The molecule has 0 aliphatic carbocycles. The van der Waals surface area contributed by atoms with E-state index in [9.17, 15) is 4.79 Å². The molecule has 0 aromatic carbocycles. The van der Waals surface area contributed by atoms with Gasteiger partial charge in [0.15, 0.2) is 0 Å². The number of fused-ring (bicyclic) bond motifs is 1. The average Bonchev–Trinajstić information content (AvgIpc) is 2.55. The molecule has 0 saturated carbocycles. The zero-order valence-corrected chi connectivity index (χ0v) is 9.68. The van der Waals surface area contributed by atoms with Crippen LogP contribution in [-0.4, -0.2) is 9.13 Å². The standard InChI is InChI=1S/C10H14N2OS/c1-10(2,3)12-7-5-6-14-8(7)11(4)9(12)13/h5-6H,1-4H3. The Morgan fingerprint density at radius 1 is 1.36 bits per heavy atom. The number of aryl methyl sites for hydroxylation is 1. The molecule has 0 aliphatic heterocycles. The van der Waals surface area contributed by atoms with E-state index in [-0.39, 0.29) is 11.2 Å². The Bertz CT molecular complexity index is 524. The monoisotopic (exact) mass is 210 g/mol. The SMILES string of the molecule is Cn1c(=O)n(C(C)(C)C)c2ccsc21. The van der Waals surface area contributed by atoms with E-state index < -0.39 is 0 Å². The van der Waals surface area contributed by atoms with Crippen molar-refractivity contribution in [2.75, 3.05) is 0 Å². The van der Waals surface area contributed by atoms with E-state index in [1.807, 2.05) is 43.8 Å². The van der Waals surface area contributed by atoms with Crippen LogP contribution in [-0.2, 0) is 12.6 Å².